The maximum atomic E-state index is 14.5. The number of hydrogen-bond acceptors (Lipinski definition) is 8. The maximum Gasteiger partial charge on any atom is 0.245 e. The summed E-state index contributed by atoms with van der Waals surface area (Å²) in [4.78, 5) is 38.8. The topological polar surface area (TPSA) is 142 Å². The molecule has 0 fully saturated rings. The van der Waals surface area contributed by atoms with Gasteiger partial charge in [0.1, 0.15) is 35.2 Å². The first-order valence-corrected chi connectivity index (χ1v) is 13.3. The summed E-state index contributed by atoms with van der Waals surface area (Å²) in [6.45, 7) is 6.47. The van der Waals surface area contributed by atoms with E-state index in [1.54, 1.807) is 20.8 Å². The van der Waals surface area contributed by atoms with Gasteiger partial charge in [-0.05, 0) is 38.1 Å². The number of fused-ring (bicyclic) bond motifs is 2. The van der Waals surface area contributed by atoms with Crippen LogP contribution in [0.2, 0.25) is 0 Å². The highest BCUT2D eigenvalue weighted by Gasteiger charge is 2.51. The predicted molar refractivity (Wildman–Crippen MR) is 150 cm³/mol. The molecule has 3 aromatic heterocycles. The lowest BCUT2D eigenvalue weighted by Crippen LogP contribution is -2.33. The van der Waals surface area contributed by atoms with Crippen LogP contribution in [0.1, 0.15) is 50.4 Å². The van der Waals surface area contributed by atoms with Crippen molar-refractivity contribution in [3.63, 3.8) is 0 Å². The molecule has 10 nitrogen and oxygen atoms in total. The highest BCUT2D eigenvalue weighted by molar-refractivity contribution is 6.08. The number of halogens is 3. The Labute approximate surface area is 243 Å². The third-order valence-electron chi connectivity index (χ3n) is 7.96. The van der Waals surface area contributed by atoms with Crippen LogP contribution in [0.15, 0.2) is 47.1 Å². The zero-order valence-corrected chi connectivity index (χ0v) is 23.6. The van der Waals surface area contributed by atoms with Crippen molar-refractivity contribution in [3.8, 4) is 11.5 Å². The van der Waals surface area contributed by atoms with Gasteiger partial charge in [-0.15, -0.1) is 0 Å². The third kappa shape index (κ3) is 4.51. The fourth-order valence-corrected chi connectivity index (χ4v) is 5.18. The number of carbonyl (C=O) groups excluding carboxylic acids is 2. The maximum absolute atomic E-state index is 14.5. The zero-order valence-electron chi connectivity index (χ0n) is 23.6. The van der Waals surface area contributed by atoms with Crippen LogP contribution in [0, 0.1) is 22.9 Å². The molecule has 5 aromatic rings. The van der Waals surface area contributed by atoms with Crippen LogP contribution >= 0.6 is 0 Å². The molecule has 1 atom stereocenters. The summed E-state index contributed by atoms with van der Waals surface area (Å²) in [5.41, 5.74) is 5.49. The quantitative estimate of drug-likeness (QED) is 0.272. The smallest absolute Gasteiger partial charge is 0.245 e. The monoisotopic (exact) mass is 589 g/mol. The van der Waals surface area contributed by atoms with Crippen molar-refractivity contribution < 1.29 is 27.2 Å². The Morgan fingerprint density at radius 2 is 1.91 bits per heavy atom. The van der Waals surface area contributed by atoms with Gasteiger partial charge in [-0.2, -0.15) is 5.10 Å². The number of Topliss-reactive ketones (excluding diaryl/α,β-unsaturated/α-hetero) is 1. The summed E-state index contributed by atoms with van der Waals surface area (Å²) >= 11 is 0. The van der Waals surface area contributed by atoms with E-state index in [2.05, 4.69) is 25.4 Å². The number of amides is 1. The van der Waals surface area contributed by atoms with Crippen LogP contribution in [0.5, 0.6) is 0 Å². The molecule has 2 aromatic carbocycles. The molecule has 1 aliphatic rings. The van der Waals surface area contributed by atoms with Gasteiger partial charge < -0.3 is 15.5 Å². The Bertz CT molecular complexity index is 1970. The van der Waals surface area contributed by atoms with E-state index in [4.69, 9.17) is 10.2 Å². The van der Waals surface area contributed by atoms with Gasteiger partial charge in [-0.3, -0.25) is 14.3 Å². The minimum atomic E-state index is -1.48. The van der Waals surface area contributed by atoms with Crippen LogP contribution < -0.4 is 11.1 Å². The molecule has 43 heavy (non-hydrogen) atoms. The minimum Gasteiger partial charge on any atom is -0.447 e. The molecule has 0 radical (unpaired) electrons. The van der Waals surface area contributed by atoms with Gasteiger partial charge in [0.2, 0.25) is 11.8 Å². The molecule has 6 rings (SSSR count). The molecule has 0 bridgehead atoms. The van der Waals surface area contributed by atoms with Crippen molar-refractivity contribution in [2.75, 3.05) is 11.1 Å². The number of carbonyl (C=O) groups is 2. The third-order valence-corrected chi connectivity index (χ3v) is 7.96. The fourth-order valence-electron chi connectivity index (χ4n) is 5.18. The highest BCUT2D eigenvalue weighted by atomic mass is 19.2. The minimum absolute atomic E-state index is 0.00892. The summed E-state index contributed by atoms with van der Waals surface area (Å²) in [5, 5.41) is 7.65. The number of benzene rings is 2. The molecule has 0 saturated heterocycles. The second kappa shape index (κ2) is 9.75. The number of oxazole rings is 1. The average Bonchev–Trinajstić information content (AvgIpc) is 3.61. The normalized spacial score (nSPS) is 16.5. The summed E-state index contributed by atoms with van der Waals surface area (Å²) in [7, 11) is 0. The second-order valence-corrected chi connectivity index (χ2v) is 11.4. The lowest BCUT2D eigenvalue weighted by molar-refractivity contribution is -0.124. The summed E-state index contributed by atoms with van der Waals surface area (Å²) in [5.74, 6) is -3.00. The van der Waals surface area contributed by atoms with Gasteiger partial charge in [0.25, 0.3) is 0 Å². The molecule has 1 unspecified atom stereocenters. The van der Waals surface area contributed by atoms with Gasteiger partial charge in [-0.1, -0.05) is 26.0 Å². The van der Waals surface area contributed by atoms with E-state index in [0.29, 0.717) is 17.5 Å². The molecule has 220 valence electrons. The number of anilines is 2. The first-order valence-electron chi connectivity index (χ1n) is 13.3. The Morgan fingerprint density at radius 3 is 2.65 bits per heavy atom. The lowest BCUT2D eigenvalue weighted by Gasteiger charge is -2.20. The molecule has 3 N–H and O–H groups in total. The Morgan fingerprint density at radius 1 is 1.14 bits per heavy atom. The van der Waals surface area contributed by atoms with Crippen molar-refractivity contribution in [2.24, 2.45) is 5.41 Å². The number of rotatable bonds is 7. The van der Waals surface area contributed by atoms with Gasteiger partial charge in [0.05, 0.1) is 23.3 Å². The molecule has 4 heterocycles. The average molecular weight is 590 g/mol. The van der Waals surface area contributed by atoms with Crippen LogP contribution in [-0.4, -0.2) is 36.4 Å². The molecule has 13 heteroatoms. The van der Waals surface area contributed by atoms with E-state index >= 15 is 0 Å². The molecule has 0 spiro atoms. The molecule has 1 aliphatic heterocycles. The fraction of sp³-hybridized carbons (Fsp3) is 0.267. The van der Waals surface area contributed by atoms with Crippen molar-refractivity contribution in [2.45, 2.75) is 46.1 Å². The summed E-state index contributed by atoms with van der Waals surface area (Å²) in [6, 6.07) is 7.68. The number of nitrogens with one attached hydrogen (secondary N) is 1. The van der Waals surface area contributed by atoms with Gasteiger partial charge in [0, 0.05) is 22.8 Å². The number of ketones is 1. The van der Waals surface area contributed by atoms with Crippen LogP contribution in [-0.2, 0) is 28.0 Å². The van der Waals surface area contributed by atoms with Crippen molar-refractivity contribution in [1.82, 2.24) is 24.7 Å². The van der Waals surface area contributed by atoms with Gasteiger partial charge in [0.15, 0.2) is 22.9 Å². The predicted octanol–water partition coefficient (Wildman–Crippen LogP) is 4.94. The van der Waals surface area contributed by atoms with Crippen molar-refractivity contribution in [3.05, 3.63) is 82.8 Å². The molecule has 0 aliphatic carbocycles. The summed E-state index contributed by atoms with van der Waals surface area (Å²) in [6.07, 6.45) is 1.71. The number of aromatic nitrogens is 5. The van der Waals surface area contributed by atoms with Crippen molar-refractivity contribution >= 4 is 34.2 Å². The van der Waals surface area contributed by atoms with E-state index < -0.39 is 34.2 Å². The van der Waals surface area contributed by atoms with E-state index in [1.165, 1.54) is 48.2 Å². The molecular formula is C30H26F3N7O3. The Hall–Kier alpha value is -5.07. The van der Waals surface area contributed by atoms with E-state index in [-0.39, 0.29) is 58.0 Å². The first kappa shape index (κ1) is 28.1. The number of nitrogens with zero attached hydrogens (tertiary/aromatic N) is 5. The lowest BCUT2D eigenvalue weighted by atomic mass is 9.83. The summed E-state index contributed by atoms with van der Waals surface area (Å²) < 4.78 is 49.6. The van der Waals surface area contributed by atoms with Crippen LogP contribution in [0.3, 0.4) is 0 Å². The van der Waals surface area contributed by atoms with Crippen molar-refractivity contribution in [1.29, 1.82) is 0 Å². The van der Waals surface area contributed by atoms with Gasteiger partial charge in [-0.25, -0.2) is 28.1 Å². The van der Waals surface area contributed by atoms with Crippen LogP contribution in [0.4, 0.5) is 24.8 Å². The van der Waals surface area contributed by atoms with Gasteiger partial charge >= 0.3 is 0 Å². The largest absolute Gasteiger partial charge is 0.447 e. The SMILES string of the molecule is CC(=O)C(C)(C)Cc1coc(C2(C)C(=O)Nc3nc(-c4nn(Cc5cccc(F)c5F)c5cc(F)ccc45)nc(N)c32)n1. The number of hydrogen-bond donors (Lipinski definition) is 2. The molecule has 1 amide bonds. The second-order valence-electron chi connectivity index (χ2n) is 11.4. The first-order chi connectivity index (χ1) is 20.3. The van der Waals surface area contributed by atoms with E-state index in [0.717, 1.165) is 6.07 Å². The highest BCUT2D eigenvalue weighted by Crippen LogP contribution is 2.45. The standard InChI is InChI=1S/C30H26F3N7O3/c1-14(41)29(2,3)11-17-13-43-28(35-17)30(4)21-24(34)36-26(37-25(21)38-27(30)42)23-18-9-8-16(31)10-20(18)40(39-23)12-15-6-5-7-19(32)22(15)33/h5-10,13H,11-12H2,1-4H3,(H3,34,36,37,38,42). The Kier molecular flexibility index (Phi) is 6.36. The molecular weight excluding hydrogens is 563 g/mol. The Balaban J connectivity index is 1.42. The zero-order chi connectivity index (χ0) is 30.8. The van der Waals surface area contributed by atoms with Crippen LogP contribution in [0.25, 0.3) is 22.4 Å². The number of nitrogen functional groups attached to an aromatic ring is 1. The molecule has 0 saturated carbocycles. The van der Waals surface area contributed by atoms with E-state index in [9.17, 15) is 22.8 Å². The number of nitrogens with two attached hydrogens (primary N) is 1. The van der Waals surface area contributed by atoms with E-state index in [1.807, 2.05) is 0 Å².